The maximum atomic E-state index is 13.6. The second-order valence-electron chi connectivity index (χ2n) is 9.26. The first kappa shape index (κ1) is 23.6. The Morgan fingerprint density at radius 1 is 0.889 bits per heavy atom. The second-order valence-corrected chi connectivity index (χ2v) is 9.26. The Labute approximate surface area is 211 Å². The topological polar surface area (TPSA) is 64.6 Å². The second kappa shape index (κ2) is 10.2. The number of dihydropyridines is 1. The monoisotopic (exact) mass is 479 g/mol. The highest BCUT2D eigenvalue weighted by Crippen LogP contribution is 2.45. The third kappa shape index (κ3) is 4.69. The molecule has 1 heterocycles. The lowest BCUT2D eigenvalue weighted by molar-refractivity contribution is -0.136. The van der Waals surface area contributed by atoms with Crippen LogP contribution in [0.2, 0.25) is 0 Å². The van der Waals surface area contributed by atoms with E-state index in [0.29, 0.717) is 30.6 Å². The Morgan fingerprint density at radius 2 is 1.56 bits per heavy atom. The maximum Gasteiger partial charge on any atom is 0.336 e. The van der Waals surface area contributed by atoms with Gasteiger partial charge in [-0.25, -0.2) is 4.79 Å². The van der Waals surface area contributed by atoms with Gasteiger partial charge in [-0.1, -0.05) is 72.8 Å². The molecule has 1 aliphatic carbocycles. The first-order chi connectivity index (χ1) is 17.5. The predicted molar refractivity (Wildman–Crippen MR) is 138 cm³/mol. The van der Waals surface area contributed by atoms with Crippen molar-refractivity contribution in [3.63, 3.8) is 0 Å². The summed E-state index contributed by atoms with van der Waals surface area (Å²) in [6.45, 7) is 2.34. The molecule has 0 aromatic heterocycles. The van der Waals surface area contributed by atoms with Crippen LogP contribution in [0.15, 0.2) is 107 Å². The van der Waals surface area contributed by atoms with Gasteiger partial charge in [-0.3, -0.25) is 4.79 Å². The number of carbonyl (C=O) groups excluding carboxylic acids is 2. The molecule has 0 spiro atoms. The average molecular weight is 480 g/mol. The van der Waals surface area contributed by atoms with Crippen molar-refractivity contribution in [3.8, 4) is 5.75 Å². The van der Waals surface area contributed by atoms with Crippen molar-refractivity contribution in [3.05, 3.63) is 124 Å². The van der Waals surface area contributed by atoms with Gasteiger partial charge in [-0.15, -0.1) is 0 Å². The molecule has 3 aromatic carbocycles. The summed E-state index contributed by atoms with van der Waals surface area (Å²) < 4.78 is 11.1. The van der Waals surface area contributed by atoms with Crippen molar-refractivity contribution in [2.24, 2.45) is 0 Å². The molecule has 2 unspecified atom stereocenters. The number of allylic oxidation sites excluding steroid dienone is 3. The van der Waals surface area contributed by atoms with Gasteiger partial charge in [0.2, 0.25) is 0 Å². The minimum Gasteiger partial charge on any atom is -0.489 e. The zero-order valence-electron chi connectivity index (χ0n) is 20.5. The van der Waals surface area contributed by atoms with Gasteiger partial charge in [0, 0.05) is 29.3 Å². The molecule has 0 saturated heterocycles. The number of nitrogens with one attached hydrogen (secondary N) is 1. The van der Waals surface area contributed by atoms with Crippen LogP contribution in [0, 0.1) is 0 Å². The van der Waals surface area contributed by atoms with E-state index < -0.39 is 11.9 Å². The zero-order chi connectivity index (χ0) is 25.1. The van der Waals surface area contributed by atoms with E-state index in [1.54, 1.807) is 0 Å². The Bertz CT molecular complexity index is 1320. The van der Waals surface area contributed by atoms with Crippen LogP contribution in [0.3, 0.4) is 0 Å². The van der Waals surface area contributed by atoms with E-state index in [2.05, 4.69) is 17.4 Å². The van der Waals surface area contributed by atoms with E-state index in [0.717, 1.165) is 33.8 Å². The molecule has 0 saturated carbocycles. The van der Waals surface area contributed by atoms with Crippen LogP contribution in [0.25, 0.3) is 0 Å². The number of Topliss-reactive ketones (excluding diaryl/α,β-unsaturated/α-hetero) is 1. The average Bonchev–Trinajstić information content (AvgIpc) is 2.92. The molecule has 36 heavy (non-hydrogen) atoms. The number of benzene rings is 3. The molecule has 0 fully saturated rings. The van der Waals surface area contributed by atoms with Gasteiger partial charge in [-0.2, -0.15) is 0 Å². The van der Waals surface area contributed by atoms with Crippen LogP contribution < -0.4 is 10.1 Å². The van der Waals surface area contributed by atoms with Gasteiger partial charge in [0.25, 0.3) is 0 Å². The van der Waals surface area contributed by atoms with E-state index in [1.165, 1.54) is 7.11 Å². The number of ether oxygens (including phenoxy) is 2. The van der Waals surface area contributed by atoms with Crippen LogP contribution in [0.4, 0.5) is 0 Å². The molecule has 0 amide bonds. The van der Waals surface area contributed by atoms with Gasteiger partial charge in [0.15, 0.2) is 5.78 Å². The summed E-state index contributed by atoms with van der Waals surface area (Å²) in [4.78, 5) is 26.5. The molecule has 2 atom stereocenters. The van der Waals surface area contributed by atoms with Crippen LogP contribution in [0.1, 0.15) is 48.3 Å². The SMILES string of the molecule is COC(=O)C1=C(C)NC2=C(C(=O)CC(c3ccccc3)C2)C1c1ccc(OCc2ccccc2)cc1. The molecule has 5 rings (SSSR count). The highest BCUT2D eigenvalue weighted by atomic mass is 16.5. The van der Waals surface area contributed by atoms with Crippen LogP contribution in [-0.2, 0) is 20.9 Å². The van der Waals surface area contributed by atoms with Crippen LogP contribution in [0.5, 0.6) is 5.75 Å². The summed E-state index contributed by atoms with van der Waals surface area (Å²) in [6, 6.07) is 27.8. The smallest absolute Gasteiger partial charge is 0.336 e. The van der Waals surface area contributed by atoms with E-state index in [1.807, 2.05) is 79.7 Å². The number of carbonyl (C=O) groups is 2. The highest BCUT2D eigenvalue weighted by Gasteiger charge is 2.41. The fraction of sp³-hybridized carbons (Fsp3) is 0.226. The van der Waals surface area contributed by atoms with Gasteiger partial charge in [0.1, 0.15) is 12.4 Å². The summed E-state index contributed by atoms with van der Waals surface area (Å²) >= 11 is 0. The molecule has 1 aliphatic heterocycles. The molecular formula is C31H29NO4. The molecule has 182 valence electrons. The van der Waals surface area contributed by atoms with Crippen molar-refractivity contribution >= 4 is 11.8 Å². The molecule has 3 aromatic rings. The third-order valence-electron chi connectivity index (χ3n) is 6.97. The van der Waals surface area contributed by atoms with Crippen molar-refractivity contribution in [1.82, 2.24) is 5.32 Å². The molecular weight excluding hydrogens is 450 g/mol. The van der Waals surface area contributed by atoms with Crippen molar-refractivity contribution in [2.45, 2.75) is 38.2 Å². The maximum absolute atomic E-state index is 13.6. The lowest BCUT2D eigenvalue weighted by Crippen LogP contribution is -2.36. The lowest BCUT2D eigenvalue weighted by atomic mass is 9.72. The lowest BCUT2D eigenvalue weighted by Gasteiger charge is -2.36. The van der Waals surface area contributed by atoms with E-state index in [4.69, 9.17) is 9.47 Å². The zero-order valence-corrected chi connectivity index (χ0v) is 20.5. The van der Waals surface area contributed by atoms with Gasteiger partial charge in [-0.05, 0) is 48.1 Å². The highest BCUT2D eigenvalue weighted by molar-refractivity contribution is 6.04. The summed E-state index contributed by atoms with van der Waals surface area (Å²) in [5.41, 5.74) is 5.84. The number of ketones is 1. The van der Waals surface area contributed by atoms with Crippen molar-refractivity contribution < 1.29 is 19.1 Å². The molecule has 2 aliphatic rings. The minimum absolute atomic E-state index is 0.0564. The number of hydrogen-bond acceptors (Lipinski definition) is 5. The van der Waals surface area contributed by atoms with Gasteiger partial charge in [0.05, 0.1) is 12.7 Å². The Balaban J connectivity index is 1.47. The number of methoxy groups -OCH3 is 1. The van der Waals surface area contributed by atoms with Gasteiger partial charge >= 0.3 is 5.97 Å². The quantitative estimate of drug-likeness (QED) is 0.453. The predicted octanol–water partition coefficient (Wildman–Crippen LogP) is 5.80. The first-order valence-corrected chi connectivity index (χ1v) is 12.2. The summed E-state index contributed by atoms with van der Waals surface area (Å²) in [5.74, 6) is -0.0297. The third-order valence-corrected chi connectivity index (χ3v) is 6.97. The fourth-order valence-corrected chi connectivity index (χ4v) is 5.21. The Kier molecular flexibility index (Phi) is 6.72. The molecule has 1 N–H and O–H groups in total. The summed E-state index contributed by atoms with van der Waals surface area (Å²) in [5, 5.41) is 3.38. The van der Waals surface area contributed by atoms with Crippen molar-refractivity contribution in [1.29, 1.82) is 0 Å². The minimum atomic E-state index is -0.485. The largest absolute Gasteiger partial charge is 0.489 e. The molecule has 5 nitrogen and oxygen atoms in total. The molecule has 0 radical (unpaired) electrons. The Morgan fingerprint density at radius 3 is 2.22 bits per heavy atom. The van der Waals surface area contributed by atoms with Crippen LogP contribution in [-0.4, -0.2) is 18.9 Å². The number of rotatable bonds is 6. The molecule has 0 bridgehead atoms. The fourth-order valence-electron chi connectivity index (χ4n) is 5.21. The van der Waals surface area contributed by atoms with Gasteiger partial charge < -0.3 is 14.8 Å². The van der Waals surface area contributed by atoms with E-state index in [9.17, 15) is 9.59 Å². The molecule has 5 heteroatoms. The van der Waals surface area contributed by atoms with Crippen molar-refractivity contribution in [2.75, 3.05) is 7.11 Å². The normalized spacial score (nSPS) is 19.4. The van der Waals surface area contributed by atoms with Crippen LogP contribution >= 0.6 is 0 Å². The summed E-state index contributed by atoms with van der Waals surface area (Å²) in [7, 11) is 1.37. The Hall–Kier alpha value is -4.12. The number of esters is 1. The first-order valence-electron chi connectivity index (χ1n) is 12.2. The number of hydrogen-bond donors (Lipinski definition) is 1. The van der Waals surface area contributed by atoms with E-state index >= 15 is 0 Å². The standard InChI is InChI=1S/C31H29NO4/c1-20-28(31(34)35-2)29(23-13-15-25(16-14-23)36-19-21-9-5-3-6-10-21)30-26(32-20)17-24(18-27(30)33)22-11-7-4-8-12-22/h3-16,24,29,32H,17-19H2,1-2H3. The van der Waals surface area contributed by atoms with E-state index in [-0.39, 0.29) is 11.7 Å². The summed E-state index contributed by atoms with van der Waals surface area (Å²) in [6.07, 6.45) is 1.12.